The van der Waals surface area contributed by atoms with E-state index in [9.17, 15) is 4.79 Å². The van der Waals surface area contributed by atoms with Crippen LogP contribution in [0.25, 0.3) is 11.5 Å². The van der Waals surface area contributed by atoms with Gasteiger partial charge in [-0.25, -0.2) is 0 Å². The van der Waals surface area contributed by atoms with Gasteiger partial charge in [0.15, 0.2) is 11.5 Å². The van der Waals surface area contributed by atoms with Crippen molar-refractivity contribution in [2.45, 2.75) is 30.7 Å². The third-order valence-electron chi connectivity index (χ3n) is 4.60. The van der Waals surface area contributed by atoms with E-state index < -0.39 is 0 Å². The van der Waals surface area contributed by atoms with Crippen molar-refractivity contribution in [2.24, 2.45) is 0 Å². The van der Waals surface area contributed by atoms with Crippen LogP contribution in [-0.4, -0.2) is 47.0 Å². The van der Waals surface area contributed by atoms with Gasteiger partial charge in [-0.2, -0.15) is 11.3 Å². The van der Waals surface area contributed by atoms with E-state index in [2.05, 4.69) is 21.6 Å². The Balaban J connectivity index is 1.39. The van der Waals surface area contributed by atoms with Crippen LogP contribution < -0.4 is 9.47 Å². The Morgan fingerprint density at radius 1 is 1.24 bits per heavy atom. The van der Waals surface area contributed by atoms with Gasteiger partial charge in [-0.1, -0.05) is 11.8 Å². The summed E-state index contributed by atoms with van der Waals surface area (Å²) in [6, 6.07) is 7.81. The molecule has 2 aromatic heterocycles. The van der Waals surface area contributed by atoms with Crippen LogP contribution in [0.5, 0.6) is 11.5 Å². The Morgan fingerprint density at radius 3 is 2.76 bits per heavy atom. The number of aromatic nitrogens is 2. The number of carbonyl (C=O) groups is 1. The topological polar surface area (TPSA) is 77.7 Å². The second-order valence-electron chi connectivity index (χ2n) is 6.62. The number of thiophene rings is 1. The monoisotopic (exact) mass is 431 g/mol. The Labute approximate surface area is 177 Å². The molecule has 9 heteroatoms. The molecule has 1 aromatic carbocycles. The highest BCUT2D eigenvalue weighted by atomic mass is 32.2. The fourth-order valence-corrected chi connectivity index (χ4v) is 4.26. The smallest absolute Gasteiger partial charge is 0.277 e. The molecule has 2 heterocycles. The molecule has 3 aromatic rings. The third-order valence-corrected chi connectivity index (χ3v) is 6.13. The molecule has 0 unspecified atom stereocenters. The fraction of sp³-hybridized carbons (Fsp3) is 0.350. The van der Waals surface area contributed by atoms with Gasteiger partial charge in [0.2, 0.25) is 11.8 Å². The molecule has 0 radical (unpaired) electrons. The molecule has 152 valence electrons. The van der Waals surface area contributed by atoms with Crippen molar-refractivity contribution in [3.05, 3.63) is 40.6 Å². The molecule has 0 spiro atoms. The molecule has 1 aliphatic rings. The van der Waals surface area contributed by atoms with Gasteiger partial charge in [0.05, 0.1) is 20.0 Å². The number of methoxy groups -OCH3 is 2. The van der Waals surface area contributed by atoms with Gasteiger partial charge in [0.1, 0.15) is 0 Å². The maximum absolute atomic E-state index is 12.7. The van der Waals surface area contributed by atoms with E-state index in [1.54, 1.807) is 37.7 Å². The van der Waals surface area contributed by atoms with Gasteiger partial charge in [-0.05, 0) is 53.4 Å². The zero-order valence-electron chi connectivity index (χ0n) is 16.2. The van der Waals surface area contributed by atoms with Gasteiger partial charge >= 0.3 is 0 Å². The average Bonchev–Trinajstić information content (AvgIpc) is 3.25. The first kappa shape index (κ1) is 19.8. The Bertz CT molecular complexity index is 970. The summed E-state index contributed by atoms with van der Waals surface area (Å²) in [6.07, 6.45) is 2.15. The van der Waals surface area contributed by atoms with Gasteiger partial charge in [0.25, 0.3) is 5.22 Å². The number of nitrogens with zero attached hydrogens (tertiary/aromatic N) is 3. The summed E-state index contributed by atoms with van der Waals surface area (Å²) >= 11 is 2.91. The van der Waals surface area contributed by atoms with Crippen molar-refractivity contribution in [3.63, 3.8) is 0 Å². The molecular weight excluding hydrogens is 410 g/mol. The summed E-state index contributed by atoms with van der Waals surface area (Å²) in [5.74, 6) is 1.95. The number of benzene rings is 1. The summed E-state index contributed by atoms with van der Waals surface area (Å²) in [5, 5.41) is 12.6. The molecule has 4 rings (SSSR count). The molecule has 1 aliphatic carbocycles. The maximum Gasteiger partial charge on any atom is 0.277 e. The maximum atomic E-state index is 12.7. The highest BCUT2D eigenvalue weighted by molar-refractivity contribution is 7.99. The lowest BCUT2D eigenvalue weighted by atomic mass is 10.2. The number of hydrogen-bond acceptors (Lipinski definition) is 8. The first-order valence-electron chi connectivity index (χ1n) is 9.17. The molecule has 0 aliphatic heterocycles. The predicted molar refractivity (Wildman–Crippen MR) is 111 cm³/mol. The largest absolute Gasteiger partial charge is 0.493 e. The van der Waals surface area contributed by atoms with E-state index in [4.69, 9.17) is 13.9 Å². The van der Waals surface area contributed by atoms with Gasteiger partial charge in [-0.15, -0.1) is 10.2 Å². The van der Waals surface area contributed by atoms with Crippen molar-refractivity contribution < 1.29 is 18.7 Å². The van der Waals surface area contributed by atoms with Crippen molar-refractivity contribution >= 4 is 29.0 Å². The van der Waals surface area contributed by atoms with Crippen LogP contribution in [0.1, 0.15) is 18.4 Å². The molecule has 0 bridgehead atoms. The summed E-state index contributed by atoms with van der Waals surface area (Å²) in [7, 11) is 3.16. The van der Waals surface area contributed by atoms with Gasteiger partial charge in [0, 0.05) is 18.2 Å². The Hall–Kier alpha value is -2.52. The molecule has 1 saturated carbocycles. The molecule has 0 N–H and O–H groups in total. The first-order chi connectivity index (χ1) is 14.2. The van der Waals surface area contributed by atoms with Crippen molar-refractivity contribution in [3.8, 4) is 23.0 Å². The lowest BCUT2D eigenvalue weighted by Gasteiger charge is -2.21. The summed E-state index contributed by atoms with van der Waals surface area (Å²) < 4.78 is 16.3. The lowest BCUT2D eigenvalue weighted by molar-refractivity contribution is -0.129. The minimum atomic E-state index is 0.0922. The van der Waals surface area contributed by atoms with Gasteiger partial charge < -0.3 is 18.8 Å². The second-order valence-corrected chi connectivity index (χ2v) is 8.32. The first-order valence-corrected chi connectivity index (χ1v) is 11.1. The average molecular weight is 432 g/mol. The summed E-state index contributed by atoms with van der Waals surface area (Å²) in [6.45, 7) is 0.661. The zero-order chi connectivity index (χ0) is 20.2. The van der Waals surface area contributed by atoms with E-state index in [-0.39, 0.29) is 11.7 Å². The van der Waals surface area contributed by atoms with Crippen LogP contribution in [-0.2, 0) is 11.3 Å². The van der Waals surface area contributed by atoms with Crippen LogP contribution in [0.3, 0.4) is 0 Å². The molecule has 0 atom stereocenters. The van der Waals surface area contributed by atoms with Crippen LogP contribution in [0.2, 0.25) is 0 Å². The van der Waals surface area contributed by atoms with E-state index in [1.165, 1.54) is 17.3 Å². The van der Waals surface area contributed by atoms with Crippen LogP contribution in [0.4, 0.5) is 0 Å². The molecule has 29 heavy (non-hydrogen) atoms. The molecular formula is C20H21N3O4S2. The molecule has 1 amide bonds. The van der Waals surface area contributed by atoms with Crippen LogP contribution >= 0.6 is 23.1 Å². The van der Waals surface area contributed by atoms with Crippen molar-refractivity contribution in [2.75, 3.05) is 20.0 Å². The fourth-order valence-electron chi connectivity index (χ4n) is 2.95. The SMILES string of the molecule is COc1ccc(-c2nnc(SCC(=O)N(Cc3ccsc3)C3CC3)o2)cc1OC. The van der Waals surface area contributed by atoms with Crippen molar-refractivity contribution in [1.82, 2.24) is 15.1 Å². The van der Waals surface area contributed by atoms with E-state index in [0.717, 1.165) is 18.4 Å². The number of hydrogen-bond donors (Lipinski definition) is 0. The summed E-state index contributed by atoms with van der Waals surface area (Å²) in [5.41, 5.74) is 1.90. The molecule has 0 saturated heterocycles. The van der Waals surface area contributed by atoms with Gasteiger partial charge in [-0.3, -0.25) is 4.79 Å². The van der Waals surface area contributed by atoms with Crippen LogP contribution in [0.15, 0.2) is 44.7 Å². The van der Waals surface area contributed by atoms with E-state index >= 15 is 0 Å². The molecule has 7 nitrogen and oxygen atoms in total. The molecule has 1 fully saturated rings. The number of amides is 1. The number of ether oxygens (including phenoxy) is 2. The normalized spacial score (nSPS) is 13.3. The summed E-state index contributed by atoms with van der Waals surface area (Å²) in [4.78, 5) is 14.7. The minimum absolute atomic E-state index is 0.0922. The minimum Gasteiger partial charge on any atom is -0.493 e. The Kier molecular flexibility index (Phi) is 6.05. The number of carbonyl (C=O) groups excluding carboxylic acids is 1. The van der Waals surface area contributed by atoms with Crippen molar-refractivity contribution in [1.29, 1.82) is 0 Å². The zero-order valence-corrected chi connectivity index (χ0v) is 17.8. The standard InChI is InChI=1S/C20H21N3O4S2/c1-25-16-6-3-14(9-17(16)26-2)19-21-22-20(27-19)29-12-18(24)23(15-4-5-15)10-13-7-8-28-11-13/h3,6-9,11,15H,4-5,10,12H2,1-2H3. The lowest BCUT2D eigenvalue weighted by Crippen LogP contribution is -2.33. The number of rotatable bonds is 9. The van der Waals surface area contributed by atoms with E-state index in [0.29, 0.717) is 35.2 Å². The highest BCUT2D eigenvalue weighted by Crippen LogP contribution is 2.33. The Morgan fingerprint density at radius 2 is 2.07 bits per heavy atom. The van der Waals surface area contributed by atoms with E-state index in [1.807, 2.05) is 16.3 Å². The van der Waals surface area contributed by atoms with Crippen LogP contribution in [0, 0.1) is 0 Å². The predicted octanol–water partition coefficient (Wildman–Crippen LogP) is 4.10. The number of thioether (sulfide) groups is 1. The highest BCUT2D eigenvalue weighted by Gasteiger charge is 2.32. The quantitative estimate of drug-likeness (QED) is 0.472. The third kappa shape index (κ3) is 4.73. The second kappa shape index (κ2) is 8.87.